The molecule has 1 atom stereocenters. The number of aliphatic hydroxyl groups is 1. The molecule has 0 bridgehead atoms. The molecule has 0 saturated carbocycles. The van der Waals surface area contributed by atoms with Gasteiger partial charge in [0.1, 0.15) is 12.4 Å². The molecule has 2 rings (SSSR count). The number of benzene rings is 1. The predicted molar refractivity (Wildman–Crippen MR) is 68.2 cm³/mol. The number of hydrogen-bond acceptors (Lipinski definition) is 3. The molecule has 1 N–H and O–H groups in total. The summed E-state index contributed by atoms with van der Waals surface area (Å²) in [5.74, 6) is 0.756. The lowest BCUT2D eigenvalue weighted by molar-refractivity contribution is 0.0994. The molecule has 0 aliphatic heterocycles. The van der Waals surface area contributed by atoms with Crippen LogP contribution in [0.2, 0.25) is 0 Å². The van der Waals surface area contributed by atoms with Gasteiger partial charge in [0.25, 0.3) is 0 Å². The van der Waals surface area contributed by atoms with Crippen molar-refractivity contribution in [2.75, 3.05) is 6.61 Å². The van der Waals surface area contributed by atoms with Crippen LogP contribution >= 0.6 is 0 Å². The van der Waals surface area contributed by atoms with E-state index in [1.165, 1.54) is 0 Å². The van der Waals surface area contributed by atoms with Crippen molar-refractivity contribution in [1.82, 2.24) is 4.98 Å². The number of pyridine rings is 1. The van der Waals surface area contributed by atoms with Crippen LogP contribution in [0.25, 0.3) is 10.9 Å². The number of ether oxygens (including phenoxy) is 1. The van der Waals surface area contributed by atoms with Crippen LogP contribution in [0.4, 0.5) is 0 Å². The van der Waals surface area contributed by atoms with Gasteiger partial charge in [-0.05, 0) is 24.6 Å². The third-order valence-corrected chi connectivity index (χ3v) is 2.64. The second-order valence-corrected chi connectivity index (χ2v) is 4.11. The van der Waals surface area contributed by atoms with E-state index in [-0.39, 0.29) is 6.10 Å². The Morgan fingerprint density at radius 1 is 1.35 bits per heavy atom. The molecule has 0 radical (unpaired) electrons. The van der Waals surface area contributed by atoms with Gasteiger partial charge in [-0.15, -0.1) is 0 Å². The molecule has 0 aliphatic rings. The Hall–Kier alpha value is -1.61. The summed E-state index contributed by atoms with van der Waals surface area (Å²) < 4.78 is 5.54. The number of aromatic nitrogens is 1. The zero-order chi connectivity index (χ0) is 12.1. The molecule has 3 nitrogen and oxygen atoms in total. The van der Waals surface area contributed by atoms with E-state index in [9.17, 15) is 5.11 Å². The van der Waals surface area contributed by atoms with Gasteiger partial charge in [-0.3, -0.25) is 4.98 Å². The highest BCUT2D eigenvalue weighted by atomic mass is 16.5. The van der Waals surface area contributed by atoms with Crippen LogP contribution in [-0.2, 0) is 0 Å². The summed E-state index contributed by atoms with van der Waals surface area (Å²) in [6.45, 7) is 2.38. The van der Waals surface area contributed by atoms with Gasteiger partial charge in [-0.2, -0.15) is 0 Å². The van der Waals surface area contributed by atoms with Gasteiger partial charge in [-0.1, -0.05) is 19.4 Å². The summed E-state index contributed by atoms with van der Waals surface area (Å²) in [7, 11) is 0. The molecular formula is C14H17NO2. The number of hydrogen-bond donors (Lipinski definition) is 1. The van der Waals surface area contributed by atoms with Crippen molar-refractivity contribution in [2.45, 2.75) is 25.9 Å². The zero-order valence-corrected chi connectivity index (χ0v) is 9.97. The summed E-state index contributed by atoms with van der Waals surface area (Å²) in [5, 5.41) is 10.7. The van der Waals surface area contributed by atoms with E-state index in [1.54, 1.807) is 6.20 Å². The average Bonchev–Trinajstić information content (AvgIpc) is 2.36. The number of rotatable bonds is 5. The van der Waals surface area contributed by atoms with Gasteiger partial charge in [0, 0.05) is 17.6 Å². The van der Waals surface area contributed by atoms with Crippen LogP contribution in [0.5, 0.6) is 5.75 Å². The number of aliphatic hydroxyl groups excluding tert-OH is 1. The van der Waals surface area contributed by atoms with Crippen molar-refractivity contribution in [1.29, 1.82) is 0 Å². The van der Waals surface area contributed by atoms with Crippen molar-refractivity contribution >= 4 is 10.9 Å². The average molecular weight is 231 g/mol. The summed E-state index contributed by atoms with van der Waals surface area (Å²) in [5.41, 5.74) is 0.912. The third-order valence-electron chi connectivity index (χ3n) is 2.64. The number of fused-ring (bicyclic) bond motifs is 1. The normalized spacial score (nSPS) is 12.6. The quantitative estimate of drug-likeness (QED) is 0.860. The lowest BCUT2D eigenvalue weighted by atomic mass is 10.2. The van der Waals surface area contributed by atoms with Gasteiger partial charge in [0.05, 0.1) is 11.6 Å². The molecular weight excluding hydrogens is 214 g/mol. The van der Waals surface area contributed by atoms with Crippen LogP contribution in [-0.4, -0.2) is 22.8 Å². The molecule has 3 heteroatoms. The van der Waals surface area contributed by atoms with Crippen LogP contribution in [0.3, 0.4) is 0 Å². The molecule has 1 aromatic carbocycles. The highest BCUT2D eigenvalue weighted by Gasteiger charge is 2.04. The minimum Gasteiger partial charge on any atom is -0.491 e. The molecule has 1 heterocycles. The molecule has 1 unspecified atom stereocenters. The standard InChI is InChI=1S/C14H17NO2/c1-2-4-12(16)10-17-13-7-6-11-5-3-8-15-14(11)9-13/h3,5-9,12,16H,2,4,10H2,1H3. The van der Waals surface area contributed by atoms with E-state index >= 15 is 0 Å². The first-order valence-corrected chi connectivity index (χ1v) is 5.95. The summed E-state index contributed by atoms with van der Waals surface area (Å²) in [4.78, 5) is 4.26. The predicted octanol–water partition coefficient (Wildman–Crippen LogP) is 2.77. The van der Waals surface area contributed by atoms with Crippen LogP contribution in [0, 0.1) is 0 Å². The Kier molecular flexibility index (Phi) is 3.94. The lowest BCUT2D eigenvalue weighted by Gasteiger charge is -2.11. The Morgan fingerprint density at radius 3 is 3.06 bits per heavy atom. The fraction of sp³-hybridized carbons (Fsp3) is 0.357. The highest BCUT2D eigenvalue weighted by molar-refractivity contribution is 5.79. The van der Waals surface area contributed by atoms with E-state index in [4.69, 9.17) is 4.74 Å². The second kappa shape index (κ2) is 5.64. The fourth-order valence-electron chi connectivity index (χ4n) is 1.75. The maximum absolute atomic E-state index is 9.58. The van der Waals surface area contributed by atoms with Crippen LogP contribution < -0.4 is 4.74 Å². The first-order valence-electron chi connectivity index (χ1n) is 5.95. The van der Waals surface area contributed by atoms with Gasteiger partial charge >= 0.3 is 0 Å². The zero-order valence-electron chi connectivity index (χ0n) is 9.97. The van der Waals surface area contributed by atoms with Crippen molar-refractivity contribution in [3.8, 4) is 5.75 Å². The summed E-state index contributed by atoms with van der Waals surface area (Å²) in [6.07, 6.45) is 3.10. The van der Waals surface area contributed by atoms with Gasteiger partial charge in [-0.25, -0.2) is 0 Å². The topological polar surface area (TPSA) is 42.4 Å². The van der Waals surface area contributed by atoms with Crippen LogP contribution in [0.15, 0.2) is 36.5 Å². The van der Waals surface area contributed by atoms with Crippen LogP contribution in [0.1, 0.15) is 19.8 Å². The first kappa shape index (κ1) is 11.9. The summed E-state index contributed by atoms with van der Waals surface area (Å²) in [6, 6.07) is 9.70. The summed E-state index contributed by atoms with van der Waals surface area (Å²) >= 11 is 0. The molecule has 1 aromatic heterocycles. The Balaban J connectivity index is 2.04. The highest BCUT2D eigenvalue weighted by Crippen LogP contribution is 2.18. The van der Waals surface area contributed by atoms with Crippen molar-refractivity contribution < 1.29 is 9.84 Å². The minimum absolute atomic E-state index is 0.339. The van der Waals surface area contributed by atoms with E-state index in [2.05, 4.69) is 4.98 Å². The monoisotopic (exact) mass is 231 g/mol. The molecule has 0 fully saturated rings. The maximum Gasteiger partial charge on any atom is 0.121 e. The smallest absolute Gasteiger partial charge is 0.121 e. The lowest BCUT2D eigenvalue weighted by Crippen LogP contribution is -2.16. The fourth-order valence-corrected chi connectivity index (χ4v) is 1.75. The largest absolute Gasteiger partial charge is 0.491 e. The third kappa shape index (κ3) is 3.17. The molecule has 17 heavy (non-hydrogen) atoms. The first-order chi connectivity index (χ1) is 8.29. The molecule has 2 aromatic rings. The second-order valence-electron chi connectivity index (χ2n) is 4.11. The van der Waals surface area contributed by atoms with Gasteiger partial charge < -0.3 is 9.84 Å². The SMILES string of the molecule is CCCC(O)COc1ccc2cccnc2c1. The van der Waals surface area contributed by atoms with Crippen molar-refractivity contribution in [2.24, 2.45) is 0 Å². The van der Waals surface area contributed by atoms with E-state index < -0.39 is 0 Å². The minimum atomic E-state index is -0.389. The Bertz CT molecular complexity index is 484. The van der Waals surface area contributed by atoms with Crippen molar-refractivity contribution in [3.63, 3.8) is 0 Å². The molecule has 90 valence electrons. The number of nitrogens with zero attached hydrogens (tertiary/aromatic N) is 1. The van der Waals surface area contributed by atoms with E-state index in [1.807, 2.05) is 37.3 Å². The molecule has 0 spiro atoms. The van der Waals surface area contributed by atoms with Gasteiger partial charge in [0.15, 0.2) is 0 Å². The Morgan fingerprint density at radius 2 is 2.24 bits per heavy atom. The molecule has 0 aliphatic carbocycles. The Labute approximate surface area is 101 Å². The van der Waals surface area contributed by atoms with E-state index in [0.29, 0.717) is 6.61 Å². The van der Waals surface area contributed by atoms with E-state index in [0.717, 1.165) is 29.5 Å². The molecule has 0 saturated heterocycles. The maximum atomic E-state index is 9.58. The van der Waals surface area contributed by atoms with Gasteiger partial charge in [0.2, 0.25) is 0 Å². The van der Waals surface area contributed by atoms with Crippen molar-refractivity contribution in [3.05, 3.63) is 36.5 Å². The molecule has 0 amide bonds.